The second-order valence-corrected chi connectivity index (χ2v) is 18.3. The summed E-state index contributed by atoms with van der Waals surface area (Å²) in [4.78, 5) is 60.9. The van der Waals surface area contributed by atoms with Gasteiger partial charge in [-0.15, -0.1) is 0 Å². The Morgan fingerprint density at radius 2 is 1.91 bits per heavy atom. The number of nitrogens with one attached hydrogen (secondary N) is 2. The van der Waals surface area contributed by atoms with Gasteiger partial charge in [-0.1, -0.05) is 18.8 Å². The minimum Gasteiger partial charge on any atom is -0.495 e. The molecule has 0 spiro atoms. The molecule has 18 nitrogen and oxygen atoms in total. The van der Waals surface area contributed by atoms with Crippen LogP contribution in [0.3, 0.4) is 0 Å². The molecule has 4 aromatic heterocycles. The first-order chi connectivity index (χ1) is 31.9. The van der Waals surface area contributed by atoms with E-state index in [9.17, 15) is 28.0 Å². The number of aromatic nitrogens is 7. The van der Waals surface area contributed by atoms with Gasteiger partial charge in [0.1, 0.15) is 29.8 Å². The molecule has 1 aromatic carbocycles. The van der Waals surface area contributed by atoms with Gasteiger partial charge in [-0.25, -0.2) is 23.1 Å². The van der Waals surface area contributed by atoms with Gasteiger partial charge in [-0.3, -0.25) is 33.5 Å². The molecule has 2 N–H and O–H groups in total. The number of benzene rings is 1. The quantitative estimate of drug-likeness (QED) is 0.142. The third-order valence-electron chi connectivity index (χ3n) is 14.2. The molecule has 1 aliphatic carbocycles. The SMILES string of the molecule is COc1ccc2c(c1C#CCO[C@@H]1CCN(C[C@H]3CC[C@H](n4cc(NC(=O)c5cnn6ccc(N7C[C@H]8C[C@@H]7CO8)nc56)c(C(F)F)n4)CC3)C[C@H]1C)n(C)c(=O)n2C1CCC(=O)NC1=O. The molecule has 1 unspecified atom stereocenters. The average molecular weight is 910 g/mol. The zero-order valence-electron chi connectivity index (χ0n) is 37.1. The van der Waals surface area contributed by atoms with E-state index < -0.39 is 30.0 Å². The van der Waals surface area contributed by atoms with E-state index in [1.54, 1.807) is 30.1 Å². The number of rotatable bonds is 11. The molecule has 8 heterocycles. The number of aryl methyl sites for hydroxylation is 1. The number of alkyl halides is 2. The van der Waals surface area contributed by atoms with E-state index in [0.29, 0.717) is 40.5 Å². The maximum absolute atomic E-state index is 14.3. The van der Waals surface area contributed by atoms with E-state index >= 15 is 0 Å². The number of anilines is 2. The number of carbonyl (C=O) groups is 3. The second-order valence-electron chi connectivity index (χ2n) is 18.3. The monoisotopic (exact) mass is 909 g/mol. The standard InChI is InChI=1S/C46H53F2N11O7/c1-26-21-55(16-14-36(26)65-18-4-5-31-37(64-3)12-10-34-41(31)54(2)46(63)59(34)35-11-13-39(60)52-45(35)62)22-27-6-8-28(9-7-27)58-24-33(40(53-58)42(47)48)50-44(61)32-20-49-57-17-15-38(51-43(32)57)56-23-30-19-29(56)25-66-30/h10,12,15,17,20,24,26-30,35-36,42H,6-9,11,13-14,16,18-19,21-23,25H2,1-3H3,(H,50,61)(H,52,60,62)/t26-,27-,28-,29-,30-,35?,36-/m1/s1. The number of morpholine rings is 1. The van der Waals surface area contributed by atoms with Crippen LogP contribution in [0.15, 0.2) is 41.6 Å². The molecule has 5 aliphatic rings. The van der Waals surface area contributed by atoms with Crippen LogP contribution in [0.25, 0.3) is 16.7 Å². The largest absolute Gasteiger partial charge is 0.495 e. The van der Waals surface area contributed by atoms with Crippen molar-refractivity contribution in [1.29, 1.82) is 0 Å². The van der Waals surface area contributed by atoms with Crippen LogP contribution in [0.1, 0.15) is 98.4 Å². The normalized spacial score (nSPS) is 25.7. The fourth-order valence-electron chi connectivity index (χ4n) is 10.7. The van der Waals surface area contributed by atoms with Gasteiger partial charge in [0, 0.05) is 52.0 Å². The maximum atomic E-state index is 14.3. The highest BCUT2D eigenvalue weighted by molar-refractivity contribution is 6.08. The van der Waals surface area contributed by atoms with Crippen LogP contribution in [0.5, 0.6) is 5.75 Å². The summed E-state index contributed by atoms with van der Waals surface area (Å²) < 4.78 is 52.3. The molecule has 2 bridgehead atoms. The fourth-order valence-corrected chi connectivity index (χ4v) is 10.7. The van der Waals surface area contributed by atoms with E-state index in [1.165, 1.54) is 33.2 Å². The number of carbonyl (C=O) groups excluding carboxylic acids is 3. The summed E-state index contributed by atoms with van der Waals surface area (Å²) in [7, 11) is 3.17. The lowest BCUT2D eigenvalue weighted by atomic mass is 9.85. The molecule has 10 rings (SSSR count). The van der Waals surface area contributed by atoms with Gasteiger partial charge in [0.05, 0.1) is 66.5 Å². The zero-order chi connectivity index (χ0) is 45.8. The van der Waals surface area contributed by atoms with Crippen molar-refractivity contribution in [1.82, 2.24) is 43.7 Å². The maximum Gasteiger partial charge on any atom is 0.329 e. The summed E-state index contributed by atoms with van der Waals surface area (Å²) in [6, 6.07) is 4.68. The number of halogens is 2. The van der Waals surface area contributed by atoms with Gasteiger partial charge < -0.3 is 29.3 Å². The highest BCUT2D eigenvalue weighted by atomic mass is 19.3. The predicted octanol–water partition coefficient (Wildman–Crippen LogP) is 4.24. The molecular formula is C46H53F2N11O7. The summed E-state index contributed by atoms with van der Waals surface area (Å²) >= 11 is 0. The lowest BCUT2D eigenvalue weighted by Crippen LogP contribution is -2.45. The minimum absolute atomic E-state index is 0.0162. The predicted molar refractivity (Wildman–Crippen MR) is 237 cm³/mol. The minimum atomic E-state index is -2.87. The molecule has 20 heteroatoms. The summed E-state index contributed by atoms with van der Waals surface area (Å²) in [6.07, 6.45) is 7.60. The van der Waals surface area contributed by atoms with E-state index in [2.05, 4.69) is 49.4 Å². The number of amides is 3. The molecule has 5 aromatic rings. The van der Waals surface area contributed by atoms with Crippen molar-refractivity contribution in [3.8, 4) is 17.6 Å². The summed E-state index contributed by atoms with van der Waals surface area (Å²) in [6.45, 7) is 6.43. The number of nitrogens with zero attached hydrogens (tertiary/aromatic N) is 9. The average Bonchev–Trinajstić information content (AvgIpc) is 4.16. The van der Waals surface area contributed by atoms with E-state index in [1.807, 2.05) is 6.07 Å². The molecule has 5 atom stereocenters. The van der Waals surface area contributed by atoms with Gasteiger partial charge in [0.2, 0.25) is 11.8 Å². The van der Waals surface area contributed by atoms with Crippen molar-refractivity contribution < 1.29 is 37.4 Å². The van der Waals surface area contributed by atoms with Crippen molar-refractivity contribution in [3.05, 3.63) is 64.1 Å². The van der Waals surface area contributed by atoms with Crippen LogP contribution in [-0.4, -0.2) is 121 Å². The lowest BCUT2D eigenvalue weighted by molar-refractivity contribution is -0.135. The van der Waals surface area contributed by atoms with Gasteiger partial charge in [-0.05, 0) is 75.0 Å². The van der Waals surface area contributed by atoms with Gasteiger partial charge >= 0.3 is 5.69 Å². The third kappa shape index (κ3) is 8.21. The van der Waals surface area contributed by atoms with E-state index in [0.717, 1.165) is 70.5 Å². The molecule has 5 fully saturated rings. The van der Waals surface area contributed by atoms with Crippen molar-refractivity contribution >= 4 is 45.9 Å². The fraction of sp³-hybridized carbons (Fsp3) is 0.543. The Morgan fingerprint density at radius 1 is 1.08 bits per heavy atom. The van der Waals surface area contributed by atoms with Crippen molar-refractivity contribution in [2.75, 3.05) is 56.7 Å². The number of hydrogen-bond acceptors (Lipinski definition) is 12. The van der Waals surface area contributed by atoms with Crippen LogP contribution < -0.4 is 26.0 Å². The smallest absolute Gasteiger partial charge is 0.329 e. The Labute approximate surface area is 378 Å². The number of hydrogen-bond donors (Lipinski definition) is 2. The third-order valence-corrected chi connectivity index (χ3v) is 14.2. The highest BCUT2D eigenvalue weighted by Gasteiger charge is 2.40. The Kier molecular flexibility index (Phi) is 11.9. The molecule has 348 valence electrons. The Bertz CT molecular complexity index is 2820. The number of likely N-dealkylation sites (tertiary alicyclic amines) is 1. The van der Waals surface area contributed by atoms with Crippen LogP contribution >= 0.6 is 0 Å². The molecule has 1 saturated carbocycles. The van der Waals surface area contributed by atoms with Crippen LogP contribution in [0.2, 0.25) is 0 Å². The topological polar surface area (TPSA) is 184 Å². The number of imidazole rings is 1. The Balaban J connectivity index is 0.722. The number of imide groups is 1. The number of ether oxygens (including phenoxy) is 3. The second kappa shape index (κ2) is 17.9. The Morgan fingerprint density at radius 3 is 2.64 bits per heavy atom. The summed E-state index contributed by atoms with van der Waals surface area (Å²) in [5.41, 5.74) is 1.26. The van der Waals surface area contributed by atoms with Crippen molar-refractivity contribution in [2.24, 2.45) is 18.9 Å². The first-order valence-corrected chi connectivity index (χ1v) is 22.8. The van der Waals surface area contributed by atoms with E-state index in [-0.39, 0.29) is 72.5 Å². The molecule has 66 heavy (non-hydrogen) atoms. The first-order valence-electron chi connectivity index (χ1n) is 22.8. The lowest BCUT2D eigenvalue weighted by Gasteiger charge is -2.39. The summed E-state index contributed by atoms with van der Waals surface area (Å²) in [5, 5.41) is 13.6. The first kappa shape index (κ1) is 43.7. The van der Waals surface area contributed by atoms with Crippen molar-refractivity contribution in [2.45, 2.75) is 95.0 Å². The van der Waals surface area contributed by atoms with Gasteiger partial charge in [0.15, 0.2) is 11.3 Å². The molecule has 3 amide bonds. The van der Waals surface area contributed by atoms with Gasteiger partial charge in [-0.2, -0.15) is 10.2 Å². The molecular weight excluding hydrogens is 857 g/mol. The summed E-state index contributed by atoms with van der Waals surface area (Å²) in [5.74, 6) is 6.81. The van der Waals surface area contributed by atoms with Crippen LogP contribution in [0.4, 0.5) is 20.3 Å². The Hall–Kier alpha value is -6.17. The number of fused-ring (bicyclic) bond motifs is 4. The van der Waals surface area contributed by atoms with Crippen molar-refractivity contribution in [3.63, 3.8) is 0 Å². The van der Waals surface area contributed by atoms with E-state index in [4.69, 9.17) is 19.2 Å². The zero-order valence-corrected chi connectivity index (χ0v) is 37.1. The highest BCUT2D eigenvalue weighted by Crippen LogP contribution is 2.37. The van der Waals surface area contributed by atoms with Crippen LogP contribution in [0, 0.1) is 23.7 Å². The number of methoxy groups -OCH3 is 1. The molecule has 4 saturated heterocycles. The van der Waals surface area contributed by atoms with Crippen LogP contribution in [-0.2, 0) is 26.1 Å². The molecule has 0 radical (unpaired) electrons. The van der Waals surface area contributed by atoms with Gasteiger partial charge in [0.25, 0.3) is 12.3 Å². The molecule has 4 aliphatic heterocycles. The number of piperidine rings is 2.